The van der Waals surface area contributed by atoms with Gasteiger partial charge in [-0.15, -0.1) is 5.11 Å². The predicted octanol–water partition coefficient (Wildman–Crippen LogP) is 5.57. The van der Waals surface area contributed by atoms with Crippen LogP contribution < -0.4 is 4.90 Å². The van der Waals surface area contributed by atoms with Gasteiger partial charge in [0, 0.05) is 37.0 Å². The summed E-state index contributed by atoms with van der Waals surface area (Å²) in [5.74, 6) is -0.602. The van der Waals surface area contributed by atoms with Gasteiger partial charge in [0.1, 0.15) is 17.8 Å². The first kappa shape index (κ1) is 26.6. The van der Waals surface area contributed by atoms with Gasteiger partial charge in [0.2, 0.25) is 0 Å². The number of benzene rings is 3. The highest BCUT2D eigenvalue weighted by atomic mass is 16.6. The lowest BCUT2D eigenvalue weighted by atomic mass is 10.1. The SMILES string of the molecule is CCN(c1ccc(/N=N/c2c(C#N)cc([N+](=O)[O-])cc2C#N)c(C)c1)C(C)CN1C(=O)c2ccccc2C1=O. The minimum Gasteiger partial charge on any atom is -0.367 e. The van der Waals surface area contributed by atoms with E-state index in [1.165, 1.54) is 4.90 Å². The van der Waals surface area contributed by atoms with Gasteiger partial charge >= 0.3 is 0 Å². The normalized spacial score (nSPS) is 13.2. The molecule has 1 atom stereocenters. The van der Waals surface area contributed by atoms with Crippen molar-refractivity contribution >= 4 is 34.6 Å². The number of nitro benzene ring substituents is 1. The zero-order valence-corrected chi connectivity index (χ0v) is 21.5. The van der Waals surface area contributed by atoms with Gasteiger partial charge in [-0.2, -0.15) is 15.6 Å². The highest BCUT2D eigenvalue weighted by molar-refractivity contribution is 6.21. The molecular weight excluding hydrogens is 498 g/mol. The van der Waals surface area contributed by atoms with Crippen molar-refractivity contribution in [2.75, 3.05) is 18.0 Å². The summed E-state index contributed by atoms with van der Waals surface area (Å²) >= 11 is 0. The van der Waals surface area contributed by atoms with Gasteiger partial charge in [-0.05, 0) is 56.7 Å². The average Bonchev–Trinajstić information content (AvgIpc) is 3.17. The third-order valence-corrected chi connectivity index (χ3v) is 6.51. The summed E-state index contributed by atoms with van der Waals surface area (Å²) < 4.78 is 0. The Balaban J connectivity index is 1.56. The highest BCUT2D eigenvalue weighted by Crippen LogP contribution is 2.33. The fourth-order valence-electron chi connectivity index (χ4n) is 4.55. The Morgan fingerprint density at radius 3 is 2.08 bits per heavy atom. The molecule has 1 unspecified atom stereocenters. The molecule has 3 aromatic carbocycles. The summed E-state index contributed by atoms with van der Waals surface area (Å²) in [6.07, 6.45) is 0. The Labute approximate surface area is 224 Å². The number of carbonyl (C=O) groups is 2. The standard InChI is InChI=1S/C28H23N7O4/c1-4-33(18(3)16-34-27(36)23-7-5-6-8-24(23)28(34)37)21-9-10-25(17(2)11-21)31-32-26-19(14-29)12-22(35(38)39)13-20(26)15-30/h5-13,18H,4,16H2,1-3H3/b32-31+. The molecule has 0 aliphatic carbocycles. The van der Waals surface area contributed by atoms with E-state index in [-0.39, 0.29) is 46.9 Å². The van der Waals surface area contributed by atoms with E-state index in [0.717, 1.165) is 23.4 Å². The Kier molecular flexibility index (Phi) is 7.45. The second-order valence-electron chi connectivity index (χ2n) is 8.94. The fourth-order valence-corrected chi connectivity index (χ4v) is 4.55. The molecule has 0 radical (unpaired) electrons. The van der Waals surface area contributed by atoms with Crippen LogP contribution in [0, 0.1) is 39.7 Å². The van der Waals surface area contributed by atoms with Crippen molar-refractivity contribution < 1.29 is 14.5 Å². The molecule has 194 valence electrons. The molecule has 0 fully saturated rings. The average molecular weight is 522 g/mol. The van der Waals surface area contributed by atoms with Gasteiger partial charge in [-0.25, -0.2) is 0 Å². The maximum absolute atomic E-state index is 12.8. The van der Waals surface area contributed by atoms with Crippen molar-refractivity contribution in [3.05, 3.63) is 92.5 Å². The zero-order chi connectivity index (χ0) is 28.3. The number of nitriles is 2. The Bertz CT molecular complexity index is 1550. The molecule has 0 spiro atoms. The molecule has 0 bridgehead atoms. The van der Waals surface area contributed by atoms with Crippen molar-refractivity contribution in [3.63, 3.8) is 0 Å². The number of nitrogens with zero attached hydrogens (tertiary/aromatic N) is 7. The van der Waals surface area contributed by atoms with E-state index >= 15 is 0 Å². The molecule has 0 N–H and O–H groups in total. The monoisotopic (exact) mass is 521 g/mol. The number of amides is 2. The highest BCUT2D eigenvalue weighted by Gasteiger charge is 2.36. The molecule has 39 heavy (non-hydrogen) atoms. The van der Waals surface area contributed by atoms with Gasteiger partial charge in [0.05, 0.1) is 32.9 Å². The van der Waals surface area contributed by atoms with E-state index in [1.807, 2.05) is 45.0 Å². The van der Waals surface area contributed by atoms with Crippen LogP contribution >= 0.6 is 0 Å². The van der Waals surface area contributed by atoms with Crippen molar-refractivity contribution in [3.8, 4) is 12.1 Å². The maximum Gasteiger partial charge on any atom is 0.272 e. The second-order valence-corrected chi connectivity index (χ2v) is 8.94. The molecule has 0 saturated heterocycles. The molecule has 11 heteroatoms. The number of hydrogen-bond acceptors (Lipinski definition) is 9. The van der Waals surface area contributed by atoms with Gasteiger partial charge in [-0.3, -0.25) is 24.6 Å². The minimum absolute atomic E-state index is 0.0428. The molecule has 11 nitrogen and oxygen atoms in total. The van der Waals surface area contributed by atoms with E-state index in [4.69, 9.17) is 0 Å². The Morgan fingerprint density at radius 2 is 1.59 bits per heavy atom. The number of non-ortho nitro benzene ring substituents is 1. The molecule has 1 aliphatic rings. The van der Waals surface area contributed by atoms with Gasteiger partial charge < -0.3 is 4.90 Å². The molecule has 0 saturated carbocycles. The number of hydrogen-bond donors (Lipinski definition) is 0. The van der Waals surface area contributed by atoms with Gasteiger partial charge in [-0.1, -0.05) is 12.1 Å². The maximum atomic E-state index is 12.8. The van der Waals surface area contributed by atoms with E-state index in [1.54, 1.807) is 30.3 Å². The van der Waals surface area contributed by atoms with E-state index in [0.29, 0.717) is 23.4 Å². The van der Waals surface area contributed by atoms with Crippen molar-refractivity contribution in [1.29, 1.82) is 10.5 Å². The van der Waals surface area contributed by atoms with Crippen LogP contribution in [0.2, 0.25) is 0 Å². The number of imide groups is 1. The first-order valence-electron chi connectivity index (χ1n) is 12.1. The van der Waals surface area contributed by atoms with Gasteiger partial charge in [0.15, 0.2) is 0 Å². The van der Waals surface area contributed by atoms with Crippen LogP contribution in [0.3, 0.4) is 0 Å². The van der Waals surface area contributed by atoms with Crippen LogP contribution in [0.15, 0.2) is 64.8 Å². The predicted molar refractivity (Wildman–Crippen MR) is 142 cm³/mol. The topological polar surface area (TPSA) is 156 Å². The fraction of sp³-hybridized carbons (Fsp3) is 0.214. The minimum atomic E-state index is -0.680. The van der Waals surface area contributed by atoms with Crippen LogP contribution in [0.4, 0.5) is 22.7 Å². The zero-order valence-electron chi connectivity index (χ0n) is 21.5. The van der Waals surface area contributed by atoms with Crippen molar-refractivity contribution in [1.82, 2.24) is 4.90 Å². The van der Waals surface area contributed by atoms with Crippen LogP contribution in [-0.2, 0) is 0 Å². The molecular formula is C28H23N7O4. The van der Waals surface area contributed by atoms with E-state index in [2.05, 4.69) is 15.1 Å². The lowest BCUT2D eigenvalue weighted by Gasteiger charge is -2.32. The molecule has 4 rings (SSSR count). The lowest BCUT2D eigenvalue weighted by Crippen LogP contribution is -2.44. The van der Waals surface area contributed by atoms with Crippen molar-refractivity contribution in [2.45, 2.75) is 26.8 Å². The first-order chi connectivity index (χ1) is 18.7. The number of aryl methyl sites for hydroxylation is 1. The quantitative estimate of drug-likeness (QED) is 0.162. The summed E-state index contributed by atoms with van der Waals surface area (Å²) in [6, 6.07) is 17.8. The molecule has 1 aliphatic heterocycles. The van der Waals surface area contributed by atoms with Crippen LogP contribution in [-0.4, -0.2) is 40.8 Å². The van der Waals surface area contributed by atoms with Crippen LogP contribution in [0.1, 0.15) is 51.3 Å². The Morgan fingerprint density at radius 1 is 1.00 bits per heavy atom. The molecule has 2 amide bonds. The molecule has 3 aromatic rings. The number of azo groups is 1. The Hall–Kier alpha value is -5.42. The van der Waals surface area contributed by atoms with E-state index < -0.39 is 4.92 Å². The third-order valence-electron chi connectivity index (χ3n) is 6.51. The van der Waals surface area contributed by atoms with Gasteiger partial charge in [0.25, 0.3) is 17.5 Å². The summed E-state index contributed by atoms with van der Waals surface area (Å²) in [5.41, 5.74) is 2.23. The number of nitro groups is 1. The third kappa shape index (κ3) is 5.06. The second kappa shape index (κ2) is 10.9. The van der Waals surface area contributed by atoms with Crippen LogP contribution in [0.5, 0.6) is 0 Å². The smallest absolute Gasteiger partial charge is 0.272 e. The number of anilines is 1. The summed E-state index contributed by atoms with van der Waals surface area (Å²) in [4.78, 5) is 39.4. The first-order valence-corrected chi connectivity index (χ1v) is 12.1. The largest absolute Gasteiger partial charge is 0.367 e. The molecule has 1 heterocycles. The van der Waals surface area contributed by atoms with E-state index in [9.17, 15) is 30.2 Å². The number of rotatable bonds is 8. The number of fused-ring (bicyclic) bond motifs is 1. The molecule has 0 aromatic heterocycles. The summed E-state index contributed by atoms with van der Waals surface area (Å²) in [6.45, 7) is 6.58. The number of carbonyl (C=O) groups excluding carboxylic acids is 2. The van der Waals surface area contributed by atoms with Crippen LogP contribution in [0.25, 0.3) is 0 Å². The summed E-state index contributed by atoms with van der Waals surface area (Å²) in [7, 11) is 0. The summed E-state index contributed by atoms with van der Waals surface area (Å²) in [5, 5.41) is 38.2. The van der Waals surface area contributed by atoms with Crippen molar-refractivity contribution in [2.24, 2.45) is 10.2 Å². The number of likely N-dealkylation sites (N-methyl/N-ethyl adjacent to an activating group) is 1. The lowest BCUT2D eigenvalue weighted by molar-refractivity contribution is -0.384.